The van der Waals surface area contributed by atoms with Gasteiger partial charge in [-0.2, -0.15) is 0 Å². The highest BCUT2D eigenvalue weighted by Gasteiger charge is 2.57. The zero-order valence-corrected chi connectivity index (χ0v) is 22.6. The Kier molecular flexibility index (Phi) is 7.50. The topological polar surface area (TPSA) is 109 Å². The van der Waals surface area contributed by atoms with Crippen LogP contribution in [-0.2, 0) is 37.9 Å². The van der Waals surface area contributed by atoms with Crippen molar-refractivity contribution in [2.75, 3.05) is 39.3 Å². The first kappa shape index (κ1) is 27.1. The second-order valence-electron chi connectivity index (χ2n) is 11.9. The third kappa shape index (κ3) is 5.76. The number of fused-ring (bicyclic) bond motifs is 1. The van der Waals surface area contributed by atoms with E-state index in [1.807, 2.05) is 48.5 Å². The summed E-state index contributed by atoms with van der Waals surface area (Å²) in [6.07, 6.45) is -5.08. The minimum absolute atomic E-state index is 0.257. The molecule has 5 rings (SSSR count). The van der Waals surface area contributed by atoms with Gasteiger partial charge < -0.3 is 48.3 Å². The molecule has 0 bridgehead atoms. The van der Waals surface area contributed by atoms with Crippen LogP contribution >= 0.6 is 0 Å². The van der Waals surface area contributed by atoms with Crippen molar-refractivity contribution in [2.45, 2.75) is 121 Å². The maximum absolute atomic E-state index is 11.4. The molecular weight excluding hydrogens is 472 g/mol. The number of aliphatic hydroxyl groups excluding tert-OH is 1. The molecule has 9 atom stereocenters. The second-order valence-corrected chi connectivity index (χ2v) is 11.9. The fraction of sp³-hybridized carbons (Fsp3) is 1.00. The standard InChI is InChI=1S/C25H44N2O9/c1-14-18(34-24(4,5)32-14)19(16-13-29-23(2,3)33-16)31-22-17(28)21-20(35-25(6,7)36-21)15(30-22)12-27-10-8-26-9-11-27/h14-22,26,28H,8-13H2,1-7H3/t14?,15-,16-,17?,18-,19?,20+,21-,22+/m1/s1. The molecular formula is C25H44N2O9. The van der Waals surface area contributed by atoms with Crippen molar-refractivity contribution >= 4 is 0 Å². The van der Waals surface area contributed by atoms with E-state index in [9.17, 15) is 5.11 Å². The zero-order valence-electron chi connectivity index (χ0n) is 22.6. The SMILES string of the molecule is CC1OC(C)(C)O[C@H]1C(O[C@@H]1O[C@H](CN2CCNCC2)[C@@H]2OC(C)(C)O[C@@H]2C1O)[C@H]1COC(C)(C)O1. The lowest BCUT2D eigenvalue weighted by Gasteiger charge is -2.44. The van der Waals surface area contributed by atoms with Crippen LogP contribution in [0.1, 0.15) is 48.5 Å². The molecule has 5 heterocycles. The summed E-state index contributed by atoms with van der Waals surface area (Å²) in [6.45, 7) is 17.8. The summed E-state index contributed by atoms with van der Waals surface area (Å²) in [6, 6.07) is 0. The van der Waals surface area contributed by atoms with Crippen LogP contribution in [0.25, 0.3) is 0 Å². The predicted octanol–water partition coefficient (Wildman–Crippen LogP) is 0.574. The van der Waals surface area contributed by atoms with Crippen molar-refractivity contribution in [2.24, 2.45) is 0 Å². The van der Waals surface area contributed by atoms with Gasteiger partial charge in [-0.1, -0.05) is 0 Å². The van der Waals surface area contributed by atoms with Crippen molar-refractivity contribution < 1.29 is 43.0 Å². The van der Waals surface area contributed by atoms with Crippen LogP contribution in [0.15, 0.2) is 0 Å². The largest absolute Gasteiger partial charge is 0.385 e. The molecule has 0 radical (unpaired) electrons. The Morgan fingerprint density at radius 1 is 0.917 bits per heavy atom. The van der Waals surface area contributed by atoms with Gasteiger partial charge in [0.1, 0.15) is 42.7 Å². The number of aliphatic hydroxyl groups is 1. The van der Waals surface area contributed by atoms with E-state index in [1.54, 1.807) is 0 Å². The second kappa shape index (κ2) is 9.95. The molecule has 5 aliphatic heterocycles. The summed E-state index contributed by atoms with van der Waals surface area (Å²) in [7, 11) is 0. The molecule has 5 fully saturated rings. The summed E-state index contributed by atoms with van der Waals surface area (Å²) in [5.41, 5.74) is 0. The van der Waals surface area contributed by atoms with Crippen molar-refractivity contribution in [3.05, 3.63) is 0 Å². The monoisotopic (exact) mass is 516 g/mol. The van der Waals surface area contributed by atoms with Crippen molar-refractivity contribution in [1.29, 1.82) is 0 Å². The maximum Gasteiger partial charge on any atom is 0.187 e. The van der Waals surface area contributed by atoms with Crippen LogP contribution in [0.5, 0.6) is 0 Å². The summed E-state index contributed by atoms with van der Waals surface area (Å²) in [5, 5.41) is 14.8. The molecule has 0 aromatic rings. The van der Waals surface area contributed by atoms with Gasteiger partial charge in [-0.3, -0.25) is 4.90 Å². The normalized spacial score (nSPS) is 45.0. The number of nitrogens with one attached hydrogen (secondary N) is 1. The van der Waals surface area contributed by atoms with Gasteiger partial charge in [0, 0.05) is 32.7 Å². The molecule has 2 N–H and O–H groups in total. The Hall–Kier alpha value is -0.440. The van der Waals surface area contributed by atoms with E-state index >= 15 is 0 Å². The fourth-order valence-electron chi connectivity index (χ4n) is 5.97. The van der Waals surface area contributed by atoms with Crippen LogP contribution in [0, 0.1) is 0 Å². The molecule has 0 aliphatic carbocycles. The minimum atomic E-state index is -1.06. The molecule has 0 saturated carbocycles. The number of hydrogen-bond donors (Lipinski definition) is 2. The molecule has 0 aromatic heterocycles. The molecule has 0 amide bonds. The molecule has 0 spiro atoms. The number of piperazine rings is 1. The zero-order chi connectivity index (χ0) is 25.9. The van der Waals surface area contributed by atoms with Gasteiger partial charge in [-0.25, -0.2) is 0 Å². The summed E-state index contributed by atoms with van der Waals surface area (Å²) >= 11 is 0. The van der Waals surface area contributed by atoms with Gasteiger partial charge in [0.05, 0.1) is 12.7 Å². The first-order valence-corrected chi connectivity index (χ1v) is 13.3. The van der Waals surface area contributed by atoms with Crippen LogP contribution in [0.4, 0.5) is 0 Å². The Bertz CT molecular complexity index is 775. The molecule has 11 heteroatoms. The summed E-state index contributed by atoms with van der Waals surface area (Å²) < 4.78 is 49.7. The molecule has 0 aromatic carbocycles. The highest BCUT2D eigenvalue weighted by Crippen LogP contribution is 2.41. The molecule has 5 aliphatic rings. The third-order valence-corrected chi connectivity index (χ3v) is 7.47. The van der Waals surface area contributed by atoms with E-state index in [0.29, 0.717) is 13.2 Å². The van der Waals surface area contributed by atoms with Crippen LogP contribution in [0.3, 0.4) is 0 Å². The lowest BCUT2D eigenvalue weighted by atomic mass is 9.97. The number of ether oxygens (including phenoxy) is 8. The summed E-state index contributed by atoms with van der Waals surface area (Å²) in [5.74, 6) is -2.35. The Morgan fingerprint density at radius 3 is 2.19 bits per heavy atom. The quantitative estimate of drug-likeness (QED) is 0.517. The van der Waals surface area contributed by atoms with E-state index in [0.717, 1.165) is 26.2 Å². The molecule has 208 valence electrons. The first-order valence-electron chi connectivity index (χ1n) is 13.3. The molecule has 3 unspecified atom stereocenters. The molecule has 11 nitrogen and oxygen atoms in total. The van der Waals surface area contributed by atoms with Gasteiger partial charge in [0.25, 0.3) is 0 Å². The average molecular weight is 517 g/mol. The Labute approximate surface area is 213 Å². The first-order chi connectivity index (χ1) is 16.8. The van der Waals surface area contributed by atoms with E-state index in [1.165, 1.54) is 0 Å². The van der Waals surface area contributed by atoms with Crippen molar-refractivity contribution in [3.8, 4) is 0 Å². The Balaban J connectivity index is 1.37. The minimum Gasteiger partial charge on any atom is -0.385 e. The lowest BCUT2D eigenvalue weighted by molar-refractivity contribution is -0.312. The summed E-state index contributed by atoms with van der Waals surface area (Å²) in [4.78, 5) is 2.34. The van der Waals surface area contributed by atoms with E-state index in [2.05, 4.69) is 10.2 Å². The highest BCUT2D eigenvalue weighted by molar-refractivity contribution is 4.99. The van der Waals surface area contributed by atoms with Gasteiger partial charge in [0.2, 0.25) is 0 Å². The average Bonchev–Trinajstić information content (AvgIpc) is 3.41. The number of nitrogens with zero attached hydrogens (tertiary/aromatic N) is 1. The molecule has 5 saturated heterocycles. The van der Waals surface area contributed by atoms with E-state index in [-0.39, 0.29) is 12.2 Å². The highest BCUT2D eigenvalue weighted by atomic mass is 16.8. The van der Waals surface area contributed by atoms with E-state index < -0.39 is 60.3 Å². The predicted molar refractivity (Wildman–Crippen MR) is 127 cm³/mol. The van der Waals surface area contributed by atoms with Gasteiger partial charge in [0.15, 0.2) is 23.7 Å². The third-order valence-electron chi connectivity index (χ3n) is 7.47. The van der Waals surface area contributed by atoms with Crippen LogP contribution in [-0.4, -0.2) is 122 Å². The van der Waals surface area contributed by atoms with Gasteiger partial charge in [-0.15, -0.1) is 0 Å². The van der Waals surface area contributed by atoms with Crippen molar-refractivity contribution in [1.82, 2.24) is 10.2 Å². The number of rotatable bonds is 6. The van der Waals surface area contributed by atoms with Crippen LogP contribution in [0.2, 0.25) is 0 Å². The maximum atomic E-state index is 11.4. The van der Waals surface area contributed by atoms with Gasteiger partial charge in [-0.05, 0) is 48.5 Å². The molecule has 36 heavy (non-hydrogen) atoms. The smallest absolute Gasteiger partial charge is 0.187 e. The number of hydrogen-bond acceptors (Lipinski definition) is 11. The van der Waals surface area contributed by atoms with Crippen LogP contribution < -0.4 is 5.32 Å². The lowest BCUT2D eigenvalue weighted by Crippen LogP contribution is -2.62. The van der Waals surface area contributed by atoms with E-state index in [4.69, 9.17) is 37.9 Å². The van der Waals surface area contributed by atoms with Gasteiger partial charge >= 0.3 is 0 Å². The van der Waals surface area contributed by atoms with Crippen molar-refractivity contribution in [3.63, 3.8) is 0 Å². The Morgan fingerprint density at radius 2 is 1.58 bits per heavy atom. The fourth-order valence-corrected chi connectivity index (χ4v) is 5.97.